The van der Waals surface area contributed by atoms with Crippen molar-refractivity contribution in [3.8, 4) is 11.3 Å². The summed E-state index contributed by atoms with van der Waals surface area (Å²) in [5.74, 6) is -0.742. The maximum Gasteiger partial charge on any atom is 0.310 e. The molecule has 0 radical (unpaired) electrons. The van der Waals surface area contributed by atoms with Crippen LogP contribution in [-0.2, 0) is 30.9 Å². The SMILES string of the molecule is Cc1noc(-c2ccc(C34CCC(CC(=O)O)(CC3)OC4)c(F)c2)c1CC(=O)O[C@H](C)C1CC1. The molecular weight excluding hydrogens is 441 g/mol. The van der Waals surface area contributed by atoms with Crippen LogP contribution in [0.25, 0.3) is 11.3 Å². The van der Waals surface area contributed by atoms with Crippen LogP contribution in [0.3, 0.4) is 0 Å². The van der Waals surface area contributed by atoms with E-state index in [0.717, 1.165) is 12.8 Å². The van der Waals surface area contributed by atoms with Crippen LogP contribution in [0.2, 0.25) is 0 Å². The molecule has 2 aliphatic carbocycles. The van der Waals surface area contributed by atoms with Crippen molar-refractivity contribution in [3.05, 3.63) is 40.8 Å². The van der Waals surface area contributed by atoms with E-state index < -0.39 is 17.0 Å². The zero-order valence-corrected chi connectivity index (χ0v) is 19.6. The van der Waals surface area contributed by atoms with Crippen LogP contribution in [0.15, 0.2) is 22.7 Å². The lowest BCUT2D eigenvalue weighted by atomic mass is 9.62. The number of aliphatic carboxylic acids is 1. The number of aromatic nitrogens is 1. The first-order valence-corrected chi connectivity index (χ1v) is 12.0. The van der Waals surface area contributed by atoms with Crippen molar-refractivity contribution < 1.29 is 33.1 Å². The molecule has 0 spiro atoms. The molecule has 6 rings (SSSR count). The number of aryl methyl sites for hydroxylation is 1. The second-order valence-corrected chi connectivity index (χ2v) is 10.3. The Morgan fingerprint density at radius 2 is 2.00 bits per heavy atom. The summed E-state index contributed by atoms with van der Waals surface area (Å²) in [6.45, 7) is 3.99. The Bertz CT molecular complexity index is 1100. The summed E-state index contributed by atoms with van der Waals surface area (Å²) in [5, 5.41) is 13.2. The third-order valence-corrected chi connectivity index (χ3v) is 7.96. The topological polar surface area (TPSA) is 98.9 Å². The van der Waals surface area contributed by atoms with E-state index >= 15 is 4.39 Å². The number of rotatable bonds is 8. The number of fused-ring (bicyclic) bond motifs is 3. The average Bonchev–Trinajstić information content (AvgIpc) is 3.59. The summed E-state index contributed by atoms with van der Waals surface area (Å²) in [6.07, 6.45) is 4.67. The Morgan fingerprint density at radius 1 is 1.26 bits per heavy atom. The fourth-order valence-corrected chi connectivity index (χ4v) is 5.58. The van der Waals surface area contributed by atoms with E-state index in [2.05, 4.69) is 5.16 Å². The van der Waals surface area contributed by atoms with Crippen LogP contribution in [0.5, 0.6) is 0 Å². The normalized spacial score (nSPS) is 26.9. The van der Waals surface area contributed by atoms with Gasteiger partial charge in [-0.05, 0) is 69.9 Å². The lowest BCUT2D eigenvalue weighted by molar-refractivity contribution is -0.175. The Kier molecular flexibility index (Phi) is 5.74. The van der Waals surface area contributed by atoms with Gasteiger partial charge in [0.2, 0.25) is 0 Å². The zero-order valence-electron chi connectivity index (χ0n) is 19.6. The number of carboxylic acid groups (broad SMARTS) is 1. The van der Waals surface area contributed by atoms with Gasteiger partial charge in [-0.3, -0.25) is 9.59 Å². The lowest BCUT2D eigenvalue weighted by Crippen LogP contribution is -2.54. The van der Waals surface area contributed by atoms with E-state index in [1.807, 2.05) is 6.92 Å². The molecular formula is C26H30FNO6. The number of halogens is 1. The average molecular weight is 472 g/mol. The van der Waals surface area contributed by atoms with Crippen LogP contribution in [0.4, 0.5) is 4.39 Å². The minimum Gasteiger partial charge on any atom is -0.481 e. The minimum atomic E-state index is -0.867. The van der Waals surface area contributed by atoms with Crippen molar-refractivity contribution in [1.29, 1.82) is 0 Å². The highest BCUT2D eigenvalue weighted by Gasteiger charge is 2.52. The fourth-order valence-electron chi connectivity index (χ4n) is 5.58. The van der Waals surface area contributed by atoms with Gasteiger partial charge in [-0.2, -0.15) is 0 Å². The molecule has 0 amide bonds. The largest absolute Gasteiger partial charge is 0.481 e. The molecule has 1 atom stereocenters. The summed E-state index contributed by atoms with van der Waals surface area (Å²) in [7, 11) is 0. The third kappa shape index (κ3) is 4.24. The van der Waals surface area contributed by atoms with Gasteiger partial charge < -0.3 is 19.1 Å². The molecule has 2 saturated carbocycles. The predicted octanol–water partition coefficient (Wildman–Crippen LogP) is 4.73. The second-order valence-electron chi connectivity index (χ2n) is 10.3. The van der Waals surface area contributed by atoms with Crippen LogP contribution in [0, 0.1) is 18.7 Å². The van der Waals surface area contributed by atoms with Crippen LogP contribution in [0.1, 0.15) is 68.7 Å². The Morgan fingerprint density at radius 3 is 2.59 bits per heavy atom. The molecule has 2 aliphatic heterocycles. The first-order chi connectivity index (χ1) is 16.2. The van der Waals surface area contributed by atoms with Gasteiger partial charge in [-0.1, -0.05) is 17.3 Å². The molecule has 7 nitrogen and oxygen atoms in total. The van der Waals surface area contributed by atoms with Crippen molar-refractivity contribution in [1.82, 2.24) is 5.16 Å². The van der Waals surface area contributed by atoms with E-state index in [1.54, 1.807) is 19.1 Å². The van der Waals surface area contributed by atoms with E-state index in [4.69, 9.17) is 14.0 Å². The van der Waals surface area contributed by atoms with Gasteiger partial charge in [0.15, 0.2) is 5.76 Å². The zero-order chi connectivity index (χ0) is 24.1. The Hall–Kier alpha value is -2.74. The van der Waals surface area contributed by atoms with Gasteiger partial charge in [0.05, 0.1) is 30.7 Å². The second kappa shape index (κ2) is 8.48. The van der Waals surface area contributed by atoms with Crippen molar-refractivity contribution >= 4 is 11.9 Å². The number of carboxylic acids is 1. The number of carbonyl (C=O) groups is 2. The fraction of sp³-hybridized carbons (Fsp3) is 0.577. The molecule has 0 unspecified atom stereocenters. The number of hydrogen-bond acceptors (Lipinski definition) is 6. The van der Waals surface area contributed by atoms with Crippen molar-refractivity contribution in [3.63, 3.8) is 0 Å². The summed E-state index contributed by atoms with van der Waals surface area (Å²) < 4.78 is 32.5. The van der Waals surface area contributed by atoms with Crippen molar-refractivity contribution in [2.45, 2.75) is 82.3 Å². The minimum absolute atomic E-state index is 0.0139. The Labute approximate surface area is 197 Å². The first kappa shape index (κ1) is 23.0. The summed E-state index contributed by atoms with van der Waals surface area (Å²) in [6, 6.07) is 4.99. The van der Waals surface area contributed by atoms with E-state index in [0.29, 0.717) is 66.4 Å². The highest BCUT2D eigenvalue weighted by molar-refractivity contribution is 5.77. The van der Waals surface area contributed by atoms with Crippen LogP contribution >= 0.6 is 0 Å². The molecule has 4 fully saturated rings. The summed E-state index contributed by atoms with van der Waals surface area (Å²) in [4.78, 5) is 23.7. The molecule has 4 aliphatic rings. The number of ether oxygens (including phenoxy) is 2. The summed E-state index contributed by atoms with van der Waals surface area (Å²) >= 11 is 0. The van der Waals surface area contributed by atoms with Crippen molar-refractivity contribution in [2.75, 3.05) is 6.61 Å². The third-order valence-electron chi connectivity index (χ3n) is 7.96. The standard InChI is InChI=1S/C26H30FNO6/c1-15-19(12-23(31)33-16(2)17-3-4-17)24(34-28-15)18-5-6-20(21(27)11-18)25-7-9-26(10-8-25,32-14-25)13-22(29)30/h5-6,11,16-17H,3-4,7-10,12-14H2,1-2H3,(H,29,30)/t16-,25?,26?/m1/s1. The van der Waals surface area contributed by atoms with Gasteiger partial charge >= 0.3 is 11.9 Å². The lowest BCUT2D eigenvalue weighted by Gasteiger charge is -2.53. The van der Waals surface area contributed by atoms with Gasteiger partial charge in [0, 0.05) is 16.5 Å². The molecule has 2 bridgehead atoms. The quantitative estimate of drug-likeness (QED) is 0.556. The smallest absolute Gasteiger partial charge is 0.310 e. The van der Waals surface area contributed by atoms with Gasteiger partial charge in [-0.25, -0.2) is 4.39 Å². The van der Waals surface area contributed by atoms with Gasteiger partial charge in [-0.15, -0.1) is 0 Å². The molecule has 1 N–H and O–H groups in total. The van der Waals surface area contributed by atoms with E-state index in [1.165, 1.54) is 6.07 Å². The summed E-state index contributed by atoms with van der Waals surface area (Å²) in [5.41, 5.74) is 1.21. The first-order valence-electron chi connectivity index (χ1n) is 12.0. The van der Waals surface area contributed by atoms with Gasteiger partial charge in [0.1, 0.15) is 11.9 Å². The maximum atomic E-state index is 15.4. The molecule has 1 aromatic carbocycles. The predicted molar refractivity (Wildman–Crippen MR) is 120 cm³/mol. The molecule has 2 aromatic rings. The number of benzene rings is 1. The Balaban J connectivity index is 1.34. The van der Waals surface area contributed by atoms with Crippen LogP contribution in [-0.4, -0.2) is 40.5 Å². The molecule has 2 saturated heterocycles. The number of carbonyl (C=O) groups excluding carboxylic acids is 1. The highest BCUT2D eigenvalue weighted by atomic mass is 19.1. The molecule has 182 valence electrons. The van der Waals surface area contributed by atoms with Crippen molar-refractivity contribution in [2.24, 2.45) is 5.92 Å². The van der Waals surface area contributed by atoms with E-state index in [-0.39, 0.29) is 30.7 Å². The monoisotopic (exact) mass is 471 g/mol. The maximum absolute atomic E-state index is 15.4. The van der Waals surface area contributed by atoms with E-state index in [9.17, 15) is 14.7 Å². The number of hydrogen-bond donors (Lipinski definition) is 1. The molecule has 34 heavy (non-hydrogen) atoms. The molecule has 8 heteroatoms. The highest BCUT2D eigenvalue weighted by Crippen LogP contribution is 2.52. The van der Waals surface area contributed by atoms with Crippen LogP contribution < -0.4 is 0 Å². The molecule has 3 heterocycles. The number of nitrogens with zero attached hydrogens (tertiary/aromatic N) is 1. The van der Waals surface area contributed by atoms with Gasteiger partial charge in [0.25, 0.3) is 0 Å². The molecule has 1 aromatic heterocycles. The number of esters is 1.